The van der Waals surface area contributed by atoms with Gasteiger partial charge in [-0.25, -0.2) is 13.2 Å². The minimum atomic E-state index is -3.10. The topological polar surface area (TPSA) is 89.0 Å². The lowest BCUT2D eigenvalue weighted by molar-refractivity contribution is 0.591. The van der Waals surface area contributed by atoms with Crippen molar-refractivity contribution in [1.82, 2.24) is 9.55 Å². The Hall–Kier alpha value is -1.37. The number of aryl methyl sites for hydroxylation is 1. The number of rotatable bonds is 3. The number of aromatic nitrogens is 2. The third-order valence-electron chi connectivity index (χ3n) is 1.60. The van der Waals surface area contributed by atoms with E-state index in [9.17, 15) is 18.0 Å². The first-order chi connectivity index (χ1) is 6.38. The molecular weight excluding hydrogens is 208 g/mol. The van der Waals surface area contributed by atoms with Gasteiger partial charge in [-0.2, -0.15) is 0 Å². The van der Waals surface area contributed by atoms with Crippen LogP contribution in [0, 0.1) is 0 Å². The van der Waals surface area contributed by atoms with E-state index in [1.807, 2.05) is 4.98 Å². The van der Waals surface area contributed by atoms with Crippen molar-refractivity contribution < 1.29 is 8.42 Å². The lowest BCUT2D eigenvalue weighted by atomic mass is 10.6. The van der Waals surface area contributed by atoms with Gasteiger partial charge in [0.05, 0.1) is 5.75 Å². The maximum atomic E-state index is 11.1. The predicted molar refractivity (Wildman–Crippen MR) is 51.0 cm³/mol. The monoisotopic (exact) mass is 218 g/mol. The summed E-state index contributed by atoms with van der Waals surface area (Å²) in [5, 5.41) is 0. The lowest BCUT2D eigenvalue weighted by Crippen LogP contribution is -2.30. The fourth-order valence-electron chi connectivity index (χ4n) is 0.884. The summed E-state index contributed by atoms with van der Waals surface area (Å²) >= 11 is 0. The molecule has 0 aliphatic heterocycles. The van der Waals surface area contributed by atoms with Gasteiger partial charge in [0, 0.05) is 25.1 Å². The van der Waals surface area contributed by atoms with E-state index >= 15 is 0 Å². The smallest absolute Gasteiger partial charge is 0.300 e. The quantitative estimate of drug-likeness (QED) is 0.674. The summed E-state index contributed by atoms with van der Waals surface area (Å²) in [6, 6.07) is 1.17. The van der Waals surface area contributed by atoms with Gasteiger partial charge in [-0.05, 0) is 0 Å². The molecule has 0 atom stereocenters. The van der Waals surface area contributed by atoms with Crippen LogP contribution < -0.4 is 11.2 Å². The van der Waals surface area contributed by atoms with Gasteiger partial charge in [-0.1, -0.05) is 0 Å². The average molecular weight is 218 g/mol. The Morgan fingerprint density at radius 1 is 1.43 bits per heavy atom. The van der Waals surface area contributed by atoms with Crippen LogP contribution in [0.3, 0.4) is 0 Å². The second kappa shape index (κ2) is 3.79. The minimum absolute atomic E-state index is 0.0500. The van der Waals surface area contributed by atoms with Crippen molar-refractivity contribution in [2.75, 3.05) is 12.0 Å². The van der Waals surface area contributed by atoms with Crippen LogP contribution in [-0.2, 0) is 16.4 Å². The molecule has 0 saturated heterocycles. The second-order valence-corrected chi connectivity index (χ2v) is 5.19. The zero-order valence-electron chi connectivity index (χ0n) is 7.56. The van der Waals surface area contributed by atoms with Gasteiger partial charge >= 0.3 is 5.69 Å². The molecule has 0 bridgehead atoms. The number of nitrogens with zero attached hydrogens (tertiary/aromatic N) is 1. The summed E-state index contributed by atoms with van der Waals surface area (Å²) in [5.41, 5.74) is -1.09. The van der Waals surface area contributed by atoms with E-state index in [0.717, 1.165) is 10.8 Å². The fraction of sp³-hybridized carbons (Fsp3) is 0.429. The Bertz CT molecular complexity index is 525. The summed E-state index contributed by atoms with van der Waals surface area (Å²) in [6.45, 7) is 0.0500. The lowest BCUT2D eigenvalue weighted by Gasteiger charge is -2.01. The zero-order valence-corrected chi connectivity index (χ0v) is 8.37. The standard InChI is InChI=1S/C7H10N2O4S/c1-14(12,13)5-4-9-3-2-6(10)8-7(9)11/h2-3H,4-5H2,1H3,(H,8,10,11). The van der Waals surface area contributed by atoms with Crippen molar-refractivity contribution in [2.24, 2.45) is 0 Å². The molecule has 1 heterocycles. The summed E-state index contributed by atoms with van der Waals surface area (Å²) in [7, 11) is -3.10. The van der Waals surface area contributed by atoms with Crippen LogP contribution in [0.15, 0.2) is 21.9 Å². The van der Waals surface area contributed by atoms with Crippen molar-refractivity contribution in [3.63, 3.8) is 0 Å². The highest BCUT2D eigenvalue weighted by Crippen LogP contribution is 1.85. The van der Waals surface area contributed by atoms with E-state index in [1.165, 1.54) is 12.3 Å². The number of aromatic amines is 1. The molecule has 1 aromatic rings. The van der Waals surface area contributed by atoms with Crippen LogP contribution in [0.1, 0.15) is 0 Å². The molecule has 6 nitrogen and oxygen atoms in total. The first kappa shape index (κ1) is 10.7. The first-order valence-corrected chi connectivity index (χ1v) is 5.92. The van der Waals surface area contributed by atoms with Crippen molar-refractivity contribution in [1.29, 1.82) is 0 Å². The Morgan fingerprint density at radius 3 is 2.57 bits per heavy atom. The number of hydrogen-bond donors (Lipinski definition) is 1. The molecule has 0 spiro atoms. The number of H-pyrrole nitrogens is 1. The molecule has 0 aliphatic carbocycles. The Labute approximate surface area is 80.1 Å². The molecule has 14 heavy (non-hydrogen) atoms. The average Bonchev–Trinajstić information content (AvgIpc) is 2.00. The highest BCUT2D eigenvalue weighted by molar-refractivity contribution is 7.90. The van der Waals surface area contributed by atoms with E-state index in [1.54, 1.807) is 0 Å². The number of hydrogen-bond acceptors (Lipinski definition) is 4. The largest absolute Gasteiger partial charge is 0.328 e. The van der Waals surface area contributed by atoms with Crippen molar-refractivity contribution in [3.05, 3.63) is 33.1 Å². The minimum Gasteiger partial charge on any atom is -0.300 e. The van der Waals surface area contributed by atoms with Crippen molar-refractivity contribution in [2.45, 2.75) is 6.54 Å². The van der Waals surface area contributed by atoms with Crippen LogP contribution in [0.4, 0.5) is 0 Å². The molecule has 1 N–H and O–H groups in total. The summed E-state index contributed by atoms with van der Waals surface area (Å²) in [5.74, 6) is -0.126. The van der Waals surface area contributed by atoms with E-state index < -0.39 is 21.1 Å². The van der Waals surface area contributed by atoms with Crippen LogP contribution in [0.25, 0.3) is 0 Å². The van der Waals surface area contributed by atoms with Gasteiger partial charge in [-0.3, -0.25) is 14.3 Å². The molecule has 7 heteroatoms. The summed E-state index contributed by atoms with van der Waals surface area (Å²) < 4.78 is 22.7. The van der Waals surface area contributed by atoms with Gasteiger partial charge in [0.25, 0.3) is 5.56 Å². The van der Waals surface area contributed by atoms with E-state index in [2.05, 4.69) is 0 Å². The summed E-state index contributed by atoms with van der Waals surface area (Å²) in [6.07, 6.45) is 2.36. The molecule has 78 valence electrons. The first-order valence-electron chi connectivity index (χ1n) is 3.86. The molecule has 0 unspecified atom stereocenters. The van der Waals surface area contributed by atoms with E-state index in [4.69, 9.17) is 0 Å². The normalized spacial score (nSPS) is 11.5. The Morgan fingerprint density at radius 2 is 2.07 bits per heavy atom. The van der Waals surface area contributed by atoms with E-state index in [-0.39, 0.29) is 12.3 Å². The SMILES string of the molecule is CS(=O)(=O)CCn1ccc(=O)[nH]c1=O. The van der Waals surface area contributed by atoms with Crippen LogP contribution >= 0.6 is 0 Å². The third-order valence-corrected chi connectivity index (χ3v) is 2.52. The molecule has 0 amide bonds. The number of nitrogens with one attached hydrogen (secondary N) is 1. The summed E-state index contributed by atoms with van der Waals surface area (Å²) in [4.78, 5) is 23.8. The maximum Gasteiger partial charge on any atom is 0.328 e. The van der Waals surface area contributed by atoms with E-state index in [0.29, 0.717) is 0 Å². The predicted octanol–water partition coefficient (Wildman–Crippen LogP) is -1.42. The fourth-order valence-corrected chi connectivity index (χ4v) is 1.41. The van der Waals surface area contributed by atoms with Gasteiger partial charge in [0.1, 0.15) is 9.84 Å². The molecule has 0 aliphatic rings. The van der Waals surface area contributed by atoms with Gasteiger partial charge < -0.3 is 0 Å². The Balaban J connectivity index is 2.89. The molecule has 1 aromatic heterocycles. The molecular formula is C7H10N2O4S. The molecule has 1 rings (SSSR count). The van der Waals surface area contributed by atoms with Crippen molar-refractivity contribution in [3.8, 4) is 0 Å². The van der Waals surface area contributed by atoms with Gasteiger partial charge in [-0.15, -0.1) is 0 Å². The highest BCUT2D eigenvalue weighted by atomic mass is 32.2. The Kier molecular flexibility index (Phi) is 2.90. The van der Waals surface area contributed by atoms with Crippen LogP contribution in [0.5, 0.6) is 0 Å². The molecule has 0 fully saturated rings. The van der Waals surface area contributed by atoms with Crippen LogP contribution in [-0.4, -0.2) is 30.0 Å². The molecule has 0 radical (unpaired) electrons. The second-order valence-electron chi connectivity index (χ2n) is 2.93. The maximum absolute atomic E-state index is 11.1. The van der Waals surface area contributed by atoms with Crippen LogP contribution in [0.2, 0.25) is 0 Å². The zero-order chi connectivity index (χ0) is 10.8. The molecule has 0 aromatic carbocycles. The van der Waals surface area contributed by atoms with Gasteiger partial charge in [0.15, 0.2) is 0 Å². The highest BCUT2D eigenvalue weighted by Gasteiger charge is 2.03. The number of sulfone groups is 1. The molecule has 0 saturated carbocycles. The third kappa shape index (κ3) is 3.17. The van der Waals surface area contributed by atoms with Gasteiger partial charge in [0.2, 0.25) is 0 Å². The van der Waals surface area contributed by atoms with Crippen molar-refractivity contribution >= 4 is 9.84 Å².